The Morgan fingerprint density at radius 3 is 2.42 bits per heavy atom. The van der Waals surface area contributed by atoms with Crippen LogP contribution in [0.2, 0.25) is 0 Å². The van der Waals surface area contributed by atoms with Gasteiger partial charge in [-0.1, -0.05) is 42.5 Å². The van der Waals surface area contributed by atoms with E-state index in [-0.39, 0.29) is 23.2 Å². The van der Waals surface area contributed by atoms with Crippen molar-refractivity contribution in [2.45, 2.75) is 51.7 Å². The molecule has 2 N–H and O–H groups in total. The Morgan fingerprint density at radius 2 is 1.74 bits per heavy atom. The lowest BCUT2D eigenvalue weighted by Crippen LogP contribution is -2.69. The highest BCUT2D eigenvalue weighted by Gasteiger charge is 2.80. The third-order valence-electron chi connectivity index (χ3n) is 9.71. The van der Waals surface area contributed by atoms with Crippen molar-refractivity contribution < 1.29 is 19.8 Å². The minimum Gasteiger partial charge on any atom is -0.481 e. The smallest absolute Gasteiger partial charge is 0.309 e. The third kappa shape index (κ3) is 3.33. The summed E-state index contributed by atoms with van der Waals surface area (Å²) in [5.74, 6) is -0.505. The van der Waals surface area contributed by atoms with Crippen molar-refractivity contribution in [2.24, 2.45) is 16.2 Å². The fraction of sp³-hybridized carbons (Fsp3) is 0.344. The Bertz CT molecular complexity index is 1580. The number of Topliss-reactive ketones (excluding diaryl/α,β-unsaturated/α-hetero) is 1. The topological polar surface area (TPSA) is 92.4 Å². The number of aliphatic hydroxyl groups excluding tert-OH is 1. The SMILES string of the molecule is O=C(CC1(C23CC(C(=O)O)(C2)C3)CC1)c1cccc2ccn(Cc3ccc(-c4ccccc4CO)cn3)c12. The predicted molar refractivity (Wildman–Crippen MR) is 144 cm³/mol. The summed E-state index contributed by atoms with van der Waals surface area (Å²) in [6.45, 7) is 0.527. The van der Waals surface area contributed by atoms with Crippen LogP contribution in [0.15, 0.2) is 73.1 Å². The van der Waals surface area contributed by atoms with E-state index in [2.05, 4.69) is 4.57 Å². The van der Waals surface area contributed by atoms with E-state index in [0.717, 1.165) is 71.0 Å². The van der Waals surface area contributed by atoms with Crippen LogP contribution in [-0.2, 0) is 17.9 Å². The number of nitrogens with zero attached hydrogens (tertiary/aromatic N) is 2. The monoisotopic (exact) mass is 506 g/mol. The van der Waals surface area contributed by atoms with Crippen LogP contribution < -0.4 is 0 Å². The zero-order valence-electron chi connectivity index (χ0n) is 21.2. The van der Waals surface area contributed by atoms with Crippen LogP contribution in [0.3, 0.4) is 0 Å². The number of hydrogen-bond donors (Lipinski definition) is 2. The van der Waals surface area contributed by atoms with Crippen LogP contribution in [0.25, 0.3) is 22.0 Å². The summed E-state index contributed by atoms with van der Waals surface area (Å²) in [5, 5.41) is 20.3. The number of carboxylic acid groups (broad SMARTS) is 1. The first-order valence-corrected chi connectivity index (χ1v) is 13.4. The Hall–Kier alpha value is -3.77. The lowest BCUT2D eigenvalue weighted by molar-refractivity contribution is -0.248. The fourth-order valence-corrected chi connectivity index (χ4v) is 7.43. The van der Waals surface area contributed by atoms with Gasteiger partial charge in [0.15, 0.2) is 5.78 Å². The summed E-state index contributed by atoms with van der Waals surface area (Å²) >= 11 is 0. The number of ketones is 1. The number of aromatic nitrogens is 2. The van der Waals surface area contributed by atoms with Crippen molar-refractivity contribution in [3.05, 3.63) is 89.9 Å². The molecule has 2 bridgehead atoms. The van der Waals surface area contributed by atoms with Crippen LogP contribution in [-0.4, -0.2) is 31.5 Å². The molecule has 192 valence electrons. The van der Waals surface area contributed by atoms with E-state index in [1.165, 1.54) is 0 Å². The number of carbonyl (C=O) groups excluding carboxylic acids is 1. The quantitative estimate of drug-likeness (QED) is 0.278. The fourth-order valence-electron chi connectivity index (χ4n) is 7.43. The van der Waals surface area contributed by atoms with Crippen LogP contribution in [0.5, 0.6) is 0 Å². The number of pyridine rings is 1. The summed E-state index contributed by atoms with van der Waals surface area (Å²) in [6.07, 6.45) is 8.65. The molecule has 4 fully saturated rings. The van der Waals surface area contributed by atoms with Gasteiger partial charge in [-0.3, -0.25) is 14.6 Å². The first kappa shape index (κ1) is 23.4. The van der Waals surface area contributed by atoms with Gasteiger partial charge in [0.05, 0.1) is 29.8 Å². The number of benzene rings is 2. The highest BCUT2D eigenvalue weighted by Crippen LogP contribution is 2.85. The molecule has 2 aromatic carbocycles. The van der Waals surface area contributed by atoms with Gasteiger partial charge in [-0.05, 0) is 72.3 Å². The number of aliphatic hydroxyl groups is 1. The highest BCUT2D eigenvalue weighted by molar-refractivity contribution is 6.07. The Balaban J connectivity index is 1.13. The van der Waals surface area contributed by atoms with Gasteiger partial charge in [0.25, 0.3) is 0 Å². The van der Waals surface area contributed by atoms with Gasteiger partial charge >= 0.3 is 5.97 Å². The molecule has 8 rings (SSSR count). The van der Waals surface area contributed by atoms with E-state index in [1.54, 1.807) is 0 Å². The minimum absolute atomic E-state index is 0.0108. The maximum Gasteiger partial charge on any atom is 0.309 e. The van der Waals surface area contributed by atoms with Gasteiger partial charge in [0, 0.05) is 35.3 Å². The highest BCUT2D eigenvalue weighted by atomic mass is 16.4. The molecule has 6 nitrogen and oxygen atoms in total. The molecule has 4 aromatic rings. The summed E-state index contributed by atoms with van der Waals surface area (Å²) in [6, 6.07) is 19.8. The summed E-state index contributed by atoms with van der Waals surface area (Å²) in [7, 11) is 0. The molecule has 0 radical (unpaired) electrons. The van der Waals surface area contributed by atoms with Crippen molar-refractivity contribution in [1.82, 2.24) is 9.55 Å². The molecule has 0 aliphatic heterocycles. The van der Waals surface area contributed by atoms with Crippen LogP contribution in [0.4, 0.5) is 0 Å². The summed E-state index contributed by atoms with van der Waals surface area (Å²) in [4.78, 5) is 30.0. The van der Waals surface area contributed by atoms with Crippen LogP contribution >= 0.6 is 0 Å². The number of para-hydroxylation sites is 1. The molecule has 6 heteroatoms. The molecule has 0 unspecified atom stereocenters. The number of rotatable bonds is 9. The molecular formula is C32H30N2O4. The molecule has 0 saturated heterocycles. The molecule has 0 spiro atoms. The first-order valence-electron chi connectivity index (χ1n) is 13.4. The van der Waals surface area contributed by atoms with E-state index in [0.29, 0.717) is 13.0 Å². The Kier molecular flexibility index (Phi) is 4.99. The van der Waals surface area contributed by atoms with E-state index >= 15 is 0 Å². The Morgan fingerprint density at radius 1 is 0.947 bits per heavy atom. The van der Waals surface area contributed by atoms with E-state index in [1.807, 2.05) is 73.1 Å². The molecule has 0 atom stereocenters. The molecule has 4 aliphatic rings. The van der Waals surface area contributed by atoms with Crippen molar-refractivity contribution in [1.29, 1.82) is 0 Å². The molecule has 0 amide bonds. The summed E-state index contributed by atoms with van der Waals surface area (Å²) in [5.41, 5.74) is 4.92. The van der Waals surface area contributed by atoms with E-state index in [9.17, 15) is 19.8 Å². The van der Waals surface area contributed by atoms with E-state index in [4.69, 9.17) is 4.98 Å². The number of carboxylic acids is 1. The zero-order valence-corrected chi connectivity index (χ0v) is 21.2. The molecule has 4 aliphatic carbocycles. The van der Waals surface area contributed by atoms with Gasteiger partial charge in [-0.15, -0.1) is 0 Å². The zero-order chi connectivity index (χ0) is 26.1. The number of carbonyl (C=O) groups is 2. The van der Waals surface area contributed by atoms with Gasteiger partial charge in [-0.2, -0.15) is 0 Å². The second-order valence-corrected chi connectivity index (χ2v) is 11.8. The standard InChI is InChI=1S/C32H30N2O4/c35-17-23-4-1-2-6-25(23)22-8-9-24(33-15-22)16-34-13-10-21-5-3-7-26(28(21)34)27(36)14-31(11-12-31)32-18-30(19-32,20-32)29(37)38/h1-10,13,15,35H,11-12,14,16-20H2,(H,37,38). The number of fused-ring (bicyclic) bond motifs is 1. The third-order valence-corrected chi connectivity index (χ3v) is 9.71. The normalized spacial score (nSPS) is 24.4. The van der Waals surface area contributed by atoms with Gasteiger partial charge in [0.1, 0.15) is 0 Å². The minimum atomic E-state index is -0.664. The molecular weight excluding hydrogens is 476 g/mol. The van der Waals surface area contributed by atoms with E-state index < -0.39 is 11.4 Å². The van der Waals surface area contributed by atoms with Gasteiger partial charge in [-0.25, -0.2) is 0 Å². The number of hydrogen-bond acceptors (Lipinski definition) is 4. The van der Waals surface area contributed by atoms with Crippen molar-refractivity contribution in [3.63, 3.8) is 0 Å². The first-order chi connectivity index (χ1) is 18.4. The molecule has 2 heterocycles. The maximum absolute atomic E-state index is 13.7. The lowest BCUT2D eigenvalue weighted by atomic mass is 9.30. The van der Waals surface area contributed by atoms with Crippen molar-refractivity contribution in [3.8, 4) is 11.1 Å². The second kappa shape index (κ2) is 8.11. The largest absolute Gasteiger partial charge is 0.481 e. The number of aliphatic carboxylic acids is 1. The average Bonchev–Trinajstić information content (AvgIpc) is 3.52. The maximum atomic E-state index is 13.7. The van der Waals surface area contributed by atoms with Crippen LogP contribution in [0, 0.1) is 16.2 Å². The lowest BCUT2D eigenvalue weighted by Gasteiger charge is -2.72. The van der Waals surface area contributed by atoms with Gasteiger partial charge in [0.2, 0.25) is 0 Å². The molecule has 4 saturated carbocycles. The molecule has 38 heavy (non-hydrogen) atoms. The Labute approximate surface area is 221 Å². The predicted octanol–water partition coefficient (Wildman–Crippen LogP) is 5.85. The summed E-state index contributed by atoms with van der Waals surface area (Å²) < 4.78 is 2.10. The average molecular weight is 507 g/mol. The van der Waals surface area contributed by atoms with Crippen LogP contribution in [0.1, 0.15) is 60.1 Å². The van der Waals surface area contributed by atoms with Gasteiger partial charge < -0.3 is 14.8 Å². The molecule has 2 aromatic heterocycles. The van der Waals surface area contributed by atoms with Crippen molar-refractivity contribution in [2.75, 3.05) is 0 Å². The van der Waals surface area contributed by atoms with Crippen molar-refractivity contribution >= 4 is 22.7 Å². The second-order valence-electron chi connectivity index (χ2n) is 11.8.